The van der Waals surface area contributed by atoms with Crippen LogP contribution in [0.1, 0.15) is 30.7 Å². The Hall–Kier alpha value is -5.11. The smallest absolute Gasteiger partial charge is 0.408 e. The molecule has 0 bridgehead atoms. The van der Waals surface area contributed by atoms with Crippen molar-refractivity contribution in [2.24, 2.45) is 0 Å². The van der Waals surface area contributed by atoms with Gasteiger partial charge in [-0.3, -0.25) is 23.5 Å². The topological polar surface area (TPSA) is 260 Å². The summed E-state index contributed by atoms with van der Waals surface area (Å²) in [6.45, 7) is 1.01. The molecule has 2 heterocycles. The second-order valence-corrected chi connectivity index (χ2v) is 12.1. The fraction of sp³-hybridized carbons (Fsp3) is 0.441. The second-order valence-electron chi connectivity index (χ2n) is 12.1. The van der Waals surface area contributed by atoms with Crippen LogP contribution in [0.4, 0.5) is 4.79 Å². The minimum Gasteiger partial charge on any atom is -0.497 e. The van der Waals surface area contributed by atoms with Crippen LogP contribution in [0.3, 0.4) is 0 Å². The molecule has 282 valence electrons. The third-order valence-corrected chi connectivity index (χ3v) is 8.36. The lowest BCUT2D eigenvalue weighted by atomic mass is 9.99. The highest BCUT2D eigenvalue weighted by Crippen LogP contribution is 2.31. The van der Waals surface area contributed by atoms with Gasteiger partial charge < -0.3 is 55.7 Å². The molecule has 8 atom stereocenters. The van der Waals surface area contributed by atoms with Gasteiger partial charge in [0.25, 0.3) is 5.56 Å². The number of amides is 2. The Labute approximate surface area is 297 Å². The number of carboxylic acids is 1. The fourth-order valence-electron chi connectivity index (χ4n) is 5.49. The molecule has 18 heteroatoms. The number of alkyl carbamates (subject to hydrolysis) is 1. The van der Waals surface area contributed by atoms with E-state index in [9.17, 15) is 49.5 Å². The molecule has 18 nitrogen and oxygen atoms in total. The van der Waals surface area contributed by atoms with Crippen LogP contribution in [-0.2, 0) is 32.2 Å². The maximum absolute atomic E-state index is 13.3. The zero-order valence-electron chi connectivity index (χ0n) is 28.4. The maximum atomic E-state index is 13.3. The van der Waals surface area contributed by atoms with E-state index < -0.39 is 78.1 Å². The number of aliphatic carboxylic acids is 1. The van der Waals surface area contributed by atoms with Crippen LogP contribution < -0.4 is 31.9 Å². The van der Waals surface area contributed by atoms with Gasteiger partial charge in [-0.25, -0.2) is 9.59 Å². The predicted molar refractivity (Wildman–Crippen MR) is 181 cm³/mol. The molecule has 1 fully saturated rings. The van der Waals surface area contributed by atoms with E-state index in [2.05, 4.69) is 16.0 Å². The van der Waals surface area contributed by atoms with Gasteiger partial charge in [0.05, 0.1) is 19.8 Å². The first-order valence-corrected chi connectivity index (χ1v) is 16.4. The average Bonchev–Trinajstić information content (AvgIpc) is 3.42. The number of hydrogen-bond acceptors (Lipinski definition) is 13. The van der Waals surface area contributed by atoms with Gasteiger partial charge in [0.15, 0.2) is 6.23 Å². The lowest BCUT2D eigenvalue weighted by Gasteiger charge is -2.27. The highest BCUT2D eigenvalue weighted by atomic mass is 16.6. The van der Waals surface area contributed by atoms with Crippen LogP contribution in [0.25, 0.3) is 0 Å². The summed E-state index contributed by atoms with van der Waals surface area (Å²) in [7, 11) is 1.49. The Balaban J connectivity index is 1.31. The Bertz CT molecular complexity index is 1770. The van der Waals surface area contributed by atoms with E-state index in [1.807, 2.05) is 0 Å². The molecule has 1 aromatic heterocycles. The monoisotopic (exact) mass is 729 g/mol. The minimum absolute atomic E-state index is 0.0310. The Morgan fingerprint density at radius 1 is 0.923 bits per heavy atom. The molecule has 3 aromatic rings. The van der Waals surface area contributed by atoms with Crippen molar-refractivity contribution in [2.75, 3.05) is 20.2 Å². The van der Waals surface area contributed by atoms with E-state index in [0.29, 0.717) is 11.3 Å². The van der Waals surface area contributed by atoms with E-state index in [1.54, 1.807) is 54.6 Å². The summed E-state index contributed by atoms with van der Waals surface area (Å²) in [4.78, 5) is 62.9. The quantitative estimate of drug-likeness (QED) is 0.0719. The highest BCUT2D eigenvalue weighted by Gasteiger charge is 2.50. The van der Waals surface area contributed by atoms with Crippen molar-refractivity contribution in [1.82, 2.24) is 25.1 Å². The third-order valence-electron chi connectivity index (χ3n) is 8.36. The number of aromatic nitrogens is 2. The number of nitrogens with zero attached hydrogens (tertiary/aromatic N) is 2. The first kappa shape index (κ1) is 39.7. The SMILES string of the molecule is COc1ccc(Cn2c(=O)ccn([C@@H]3O[C@H](C(O)[C@H](NCCCNC(=O)[C@@H](NC(=O)OCc4ccccc4)[C@H](C)O)C(=O)O)[C@H](O)[C@H]3O)c2=O)cc1. The van der Waals surface area contributed by atoms with E-state index in [4.69, 9.17) is 14.2 Å². The second kappa shape index (κ2) is 18.4. The van der Waals surface area contributed by atoms with E-state index in [-0.39, 0.29) is 32.7 Å². The number of carboxylic acid groups (broad SMARTS) is 1. The van der Waals surface area contributed by atoms with Gasteiger partial charge in [-0.1, -0.05) is 42.5 Å². The summed E-state index contributed by atoms with van der Waals surface area (Å²) in [5.74, 6) is -1.68. The first-order chi connectivity index (χ1) is 24.8. The van der Waals surface area contributed by atoms with Gasteiger partial charge in [-0.15, -0.1) is 0 Å². The number of nitrogens with one attached hydrogen (secondary N) is 3. The fourth-order valence-corrected chi connectivity index (χ4v) is 5.49. The van der Waals surface area contributed by atoms with Gasteiger partial charge in [0.1, 0.15) is 48.9 Å². The van der Waals surface area contributed by atoms with Crippen molar-refractivity contribution >= 4 is 18.0 Å². The molecule has 1 aliphatic heterocycles. The lowest BCUT2D eigenvalue weighted by molar-refractivity contribution is -0.149. The standard InChI is InChI=1S/C34H43N5O13/c1-19(40)24(37-33(48)51-18-21-7-4-3-5-8-21)30(45)36-15-6-14-35-25(32(46)47)26(42)29-27(43)28(44)31(52-29)38-16-13-23(41)39(34(38)49)17-20-9-11-22(50-2)12-10-20/h3-5,7-13,16,19,24-29,31,35,40,42-44H,6,14-15,17-18H2,1-2H3,(H,36,45)(H,37,48)(H,46,47)/t19-,24-,25-,26?,27+,28+,29+,31+/m0/s1. The van der Waals surface area contributed by atoms with Gasteiger partial charge in [-0.05, 0) is 43.1 Å². The van der Waals surface area contributed by atoms with Gasteiger partial charge >= 0.3 is 17.8 Å². The first-order valence-electron chi connectivity index (χ1n) is 16.4. The Morgan fingerprint density at radius 2 is 1.62 bits per heavy atom. The highest BCUT2D eigenvalue weighted by molar-refractivity contribution is 5.86. The predicted octanol–water partition coefficient (Wildman–Crippen LogP) is -1.73. The van der Waals surface area contributed by atoms with Crippen LogP contribution in [0.15, 0.2) is 76.4 Å². The third kappa shape index (κ3) is 10.0. The largest absolute Gasteiger partial charge is 0.497 e. The molecule has 0 aliphatic carbocycles. The van der Waals surface area contributed by atoms with E-state index in [0.717, 1.165) is 27.0 Å². The Morgan fingerprint density at radius 3 is 2.25 bits per heavy atom. The molecule has 2 aromatic carbocycles. The number of methoxy groups -OCH3 is 1. The molecule has 4 rings (SSSR count). The van der Waals surface area contributed by atoms with Crippen molar-refractivity contribution in [3.8, 4) is 5.75 Å². The molecule has 0 saturated carbocycles. The van der Waals surface area contributed by atoms with E-state index >= 15 is 0 Å². The minimum atomic E-state index is -1.94. The van der Waals surface area contributed by atoms with Crippen molar-refractivity contribution in [3.05, 3.63) is 98.8 Å². The number of ether oxygens (including phenoxy) is 3. The van der Waals surface area contributed by atoms with Crippen molar-refractivity contribution in [1.29, 1.82) is 0 Å². The summed E-state index contributed by atoms with van der Waals surface area (Å²) in [5.41, 5.74) is -0.223. The van der Waals surface area contributed by atoms with Crippen LogP contribution in [0.2, 0.25) is 0 Å². The molecule has 1 saturated heterocycles. The zero-order valence-corrected chi connectivity index (χ0v) is 28.4. The summed E-state index contributed by atoms with van der Waals surface area (Å²) in [6.07, 6.45) is -9.83. The van der Waals surface area contributed by atoms with Gasteiger partial charge in [0.2, 0.25) is 5.91 Å². The summed E-state index contributed by atoms with van der Waals surface area (Å²) in [6, 6.07) is 13.4. The van der Waals surface area contributed by atoms with Crippen LogP contribution >= 0.6 is 0 Å². The molecule has 2 amide bonds. The van der Waals surface area contributed by atoms with Crippen molar-refractivity contribution in [3.63, 3.8) is 0 Å². The molecular formula is C34H43N5O13. The lowest BCUT2D eigenvalue weighted by Crippen LogP contribution is -2.55. The Kier molecular flexibility index (Phi) is 14.0. The van der Waals surface area contributed by atoms with Crippen LogP contribution in [0.5, 0.6) is 5.75 Å². The number of carbonyl (C=O) groups is 3. The number of benzene rings is 2. The van der Waals surface area contributed by atoms with Crippen LogP contribution in [-0.4, -0.2) is 115 Å². The number of aliphatic hydroxyl groups is 4. The van der Waals surface area contributed by atoms with Crippen molar-refractivity contribution in [2.45, 2.75) is 75.3 Å². The zero-order chi connectivity index (χ0) is 37.9. The molecule has 0 radical (unpaired) electrons. The van der Waals surface area contributed by atoms with Crippen molar-refractivity contribution < 1.29 is 54.1 Å². The summed E-state index contributed by atoms with van der Waals surface area (Å²) in [5, 5.41) is 59.8. The van der Waals surface area contributed by atoms with Gasteiger partial charge in [0, 0.05) is 18.8 Å². The number of rotatable bonds is 17. The maximum Gasteiger partial charge on any atom is 0.408 e. The summed E-state index contributed by atoms with van der Waals surface area (Å²) < 4.78 is 17.6. The van der Waals surface area contributed by atoms with Gasteiger partial charge in [-0.2, -0.15) is 0 Å². The average molecular weight is 730 g/mol. The molecule has 8 N–H and O–H groups in total. The number of carbonyl (C=O) groups excluding carboxylic acids is 2. The van der Waals surface area contributed by atoms with E-state index in [1.165, 1.54) is 14.0 Å². The number of aliphatic hydroxyl groups excluding tert-OH is 4. The number of hydrogen-bond donors (Lipinski definition) is 8. The molecule has 1 unspecified atom stereocenters. The normalized spacial score (nSPS) is 20.7. The molecule has 0 spiro atoms. The molecule has 52 heavy (non-hydrogen) atoms. The van der Waals surface area contributed by atoms with Crippen LogP contribution in [0, 0.1) is 0 Å². The molecule has 1 aliphatic rings. The summed E-state index contributed by atoms with van der Waals surface area (Å²) >= 11 is 0. The molecular weight excluding hydrogens is 686 g/mol.